The number of carbonyl (C=O) groups is 3. The van der Waals surface area contributed by atoms with E-state index < -0.39 is 34.5 Å². The summed E-state index contributed by atoms with van der Waals surface area (Å²) < 4.78 is 0. The molecule has 3 amide bonds. The number of nitro benzene ring substituents is 1. The number of hydrazine groups is 1. The molecule has 2 aromatic carbocycles. The van der Waals surface area contributed by atoms with Gasteiger partial charge in [0.2, 0.25) is 0 Å². The van der Waals surface area contributed by atoms with Gasteiger partial charge in [-0.25, -0.2) is 5.01 Å². The molecule has 0 unspecified atom stereocenters. The highest BCUT2D eigenvalue weighted by atomic mass is 35.5. The Morgan fingerprint density at radius 3 is 2.39 bits per heavy atom. The Kier molecular flexibility index (Phi) is 6.41. The second-order valence-corrected chi connectivity index (χ2v) is 9.37. The van der Waals surface area contributed by atoms with Gasteiger partial charge in [-0.2, -0.15) is 5.01 Å². The molecule has 0 aromatic heterocycles. The molecule has 8 nitrogen and oxygen atoms in total. The number of benzene rings is 2. The third-order valence-corrected chi connectivity index (χ3v) is 6.89. The predicted molar refractivity (Wildman–Crippen MR) is 121 cm³/mol. The van der Waals surface area contributed by atoms with Crippen LogP contribution >= 0.6 is 23.2 Å². The third kappa shape index (κ3) is 4.45. The number of halogens is 2. The van der Waals surface area contributed by atoms with E-state index in [0.29, 0.717) is 29.3 Å². The summed E-state index contributed by atoms with van der Waals surface area (Å²) in [7, 11) is 0. The molecular weight excluding hydrogens is 469 g/mol. The molecule has 2 aliphatic rings. The molecule has 0 N–H and O–H groups in total. The van der Waals surface area contributed by atoms with Crippen molar-refractivity contribution in [2.45, 2.75) is 32.7 Å². The Hall–Kier alpha value is -2.97. The van der Waals surface area contributed by atoms with E-state index in [4.69, 9.17) is 23.2 Å². The highest BCUT2D eigenvalue weighted by Gasteiger charge is 2.52. The molecule has 1 aliphatic carbocycles. The summed E-state index contributed by atoms with van der Waals surface area (Å²) in [6.07, 6.45) is 2.02. The summed E-state index contributed by atoms with van der Waals surface area (Å²) in [4.78, 5) is 50.5. The number of carbonyl (C=O) groups excluding carboxylic acids is 3. The maximum absolute atomic E-state index is 13.5. The predicted octanol–water partition coefficient (Wildman–Crippen LogP) is 4.88. The summed E-state index contributed by atoms with van der Waals surface area (Å²) in [5.74, 6) is -2.05. The van der Waals surface area contributed by atoms with Crippen molar-refractivity contribution in [3.05, 3.63) is 73.8 Å². The van der Waals surface area contributed by atoms with Crippen LogP contribution in [-0.2, 0) is 16.1 Å². The minimum Gasteiger partial charge on any atom is -0.272 e. The topological polar surface area (TPSA) is 101 Å². The van der Waals surface area contributed by atoms with E-state index in [1.807, 2.05) is 6.92 Å². The van der Waals surface area contributed by atoms with Crippen LogP contribution in [0.5, 0.6) is 0 Å². The fourth-order valence-corrected chi connectivity index (χ4v) is 5.00. The Balaban J connectivity index is 1.72. The van der Waals surface area contributed by atoms with E-state index in [9.17, 15) is 24.5 Å². The van der Waals surface area contributed by atoms with Gasteiger partial charge in [-0.05, 0) is 55.0 Å². The number of hydrogen-bond donors (Lipinski definition) is 0. The molecule has 4 rings (SSSR count). The first-order valence-electron chi connectivity index (χ1n) is 10.6. The van der Waals surface area contributed by atoms with Crippen LogP contribution in [0.1, 0.15) is 42.1 Å². The number of imide groups is 1. The lowest BCUT2D eigenvalue weighted by molar-refractivity contribution is -0.384. The molecule has 2 aromatic rings. The smallest absolute Gasteiger partial charge is 0.272 e. The van der Waals surface area contributed by atoms with Crippen molar-refractivity contribution < 1.29 is 19.3 Å². The van der Waals surface area contributed by atoms with E-state index >= 15 is 0 Å². The fourth-order valence-electron chi connectivity index (χ4n) is 4.53. The largest absolute Gasteiger partial charge is 0.273 e. The van der Waals surface area contributed by atoms with Gasteiger partial charge in [0.25, 0.3) is 23.4 Å². The third-order valence-electron chi connectivity index (χ3n) is 6.30. The molecule has 3 atom stereocenters. The number of amides is 3. The Labute approximate surface area is 200 Å². The zero-order valence-electron chi connectivity index (χ0n) is 17.7. The molecule has 1 saturated heterocycles. The van der Waals surface area contributed by atoms with Crippen LogP contribution in [0.3, 0.4) is 0 Å². The van der Waals surface area contributed by atoms with E-state index in [0.717, 1.165) is 16.4 Å². The summed E-state index contributed by atoms with van der Waals surface area (Å²) in [5, 5.41) is 13.7. The molecule has 0 bridgehead atoms. The second-order valence-electron chi connectivity index (χ2n) is 8.52. The minimum absolute atomic E-state index is 0.106. The Morgan fingerprint density at radius 2 is 1.76 bits per heavy atom. The number of rotatable bonds is 5. The van der Waals surface area contributed by atoms with Crippen molar-refractivity contribution >= 4 is 46.6 Å². The van der Waals surface area contributed by atoms with Crippen molar-refractivity contribution in [2.75, 3.05) is 0 Å². The summed E-state index contributed by atoms with van der Waals surface area (Å²) in [6.45, 7) is 1.90. The lowest BCUT2D eigenvalue weighted by Crippen LogP contribution is -2.49. The van der Waals surface area contributed by atoms with Gasteiger partial charge in [0.15, 0.2) is 0 Å². The normalized spacial score (nSPS) is 22.3. The SMILES string of the molecule is C[C@@H]1CC[C@H]2C(=O)N(N(Cc3ccc(Cl)cc3Cl)C(=O)c3ccc([N+](=O)[O-])cc3)C(=O)[C@H]2C1. The van der Waals surface area contributed by atoms with Gasteiger partial charge in [0.1, 0.15) is 0 Å². The van der Waals surface area contributed by atoms with Gasteiger partial charge in [-0.1, -0.05) is 36.2 Å². The van der Waals surface area contributed by atoms with Crippen LogP contribution in [0.15, 0.2) is 42.5 Å². The Morgan fingerprint density at radius 1 is 1.09 bits per heavy atom. The van der Waals surface area contributed by atoms with Gasteiger partial charge < -0.3 is 0 Å². The molecule has 0 spiro atoms. The van der Waals surface area contributed by atoms with E-state index in [1.165, 1.54) is 30.3 Å². The first-order valence-corrected chi connectivity index (χ1v) is 11.3. The van der Waals surface area contributed by atoms with Gasteiger partial charge in [-0.3, -0.25) is 24.5 Å². The van der Waals surface area contributed by atoms with E-state index in [-0.39, 0.29) is 22.8 Å². The molecule has 1 aliphatic heterocycles. The average molecular weight is 490 g/mol. The van der Waals surface area contributed by atoms with Crippen LogP contribution in [0.4, 0.5) is 5.69 Å². The number of nitrogens with zero attached hydrogens (tertiary/aromatic N) is 3. The summed E-state index contributed by atoms with van der Waals surface area (Å²) in [5.41, 5.74) is 0.432. The van der Waals surface area contributed by atoms with Gasteiger partial charge in [0.05, 0.1) is 23.3 Å². The quantitative estimate of drug-likeness (QED) is 0.338. The van der Waals surface area contributed by atoms with Crippen molar-refractivity contribution in [1.82, 2.24) is 10.0 Å². The first-order chi connectivity index (χ1) is 15.7. The number of non-ortho nitro benzene ring substituents is 1. The van der Waals surface area contributed by atoms with Gasteiger partial charge in [0, 0.05) is 27.7 Å². The monoisotopic (exact) mass is 489 g/mol. The lowest BCUT2D eigenvalue weighted by Gasteiger charge is -2.31. The van der Waals surface area contributed by atoms with Crippen LogP contribution in [0.2, 0.25) is 10.0 Å². The first kappa shape index (κ1) is 23.2. The number of hydrogen-bond acceptors (Lipinski definition) is 5. The Bertz CT molecular complexity index is 1140. The fraction of sp³-hybridized carbons (Fsp3) is 0.348. The molecule has 2 fully saturated rings. The van der Waals surface area contributed by atoms with Crippen LogP contribution < -0.4 is 0 Å². The highest BCUT2D eigenvalue weighted by molar-refractivity contribution is 6.35. The second kappa shape index (κ2) is 9.11. The molecule has 1 saturated carbocycles. The lowest BCUT2D eigenvalue weighted by atomic mass is 9.76. The molecule has 172 valence electrons. The summed E-state index contributed by atoms with van der Waals surface area (Å²) in [6, 6.07) is 9.76. The van der Waals surface area contributed by atoms with Crippen LogP contribution in [0, 0.1) is 27.9 Å². The zero-order valence-corrected chi connectivity index (χ0v) is 19.3. The summed E-state index contributed by atoms with van der Waals surface area (Å²) >= 11 is 12.3. The number of nitro groups is 1. The number of fused-ring (bicyclic) bond motifs is 1. The molecule has 0 radical (unpaired) electrons. The van der Waals surface area contributed by atoms with Gasteiger partial charge >= 0.3 is 0 Å². The van der Waals surface area contributed by atoms with Crippen molar-refractivity contribution in [1.29, 1.82) is 0 Å². The maximum atomic E-state index is 13.5. The highest BCUT2D eigenvalue weighted by Crippen LogP contribution is 2.41. The van der Waals surface area contributed by atoms with E-state index in [2.05, 4.69) is 0 Å². The molecular formula is C23H21Cl2N3O5. The van der Waals surface area contributed by atoms with Crippen molar-refractivity contribution in [2.24, 2.45) is 17.8 Å². The van der Waals surface area contributed by atoms with Crippen molar-refractivity contribution in [3.63, 3.8) is 0 Å². The average Bonchev–Trinajstić information content (AvgIpc) is 3.02. The maximum Gasteiger partial charge on any atom is 0.273 e. The van der Waals surface area contributed by atoms with Crippen LogP contribution in [-0.4, -0.2) is 32.7 Å². The van der Waals surface area contributed by atoms with Crippen molar-refractivity contribution in [3.8, 4) is 0 Å². The molecule has 33 heavy (non-hydrogen) atoms. The minimum atomic E-state index is -0.635. The zero-order chi connectivity index (χ0) is 23.9. The van der Waals surface area contributed by atoms with E-state index in [1.54, 1.807) is 12.1 Å². The van der Waals surface area contributed by atoms with Gasteiger partial charge in [-0.15, -0.1) is 0 Å². The molecule has 1 heterocycles. The molecule has 10 heteroatoms. The standard InChI is InChI=1S/C23H21Cl2N3O5/c1-13-2-9-18-19(10-13)23(31)27(22(18)30)26(12-15-3-6-16(24)11-20(15)25)21(29)14-4-7-17(8-5-14)28(32)33/h3-8,11,13,18-19H,2,9-10,12H2,1H3/t13-,18-,19+/m1/s1. The van der Waals surface area contributed by atoms with Crippen LogP contribution in [0.25, 0.3) is 0 Å².